The first-order chi connectivity index (χ1) is 12.2. The molecule has 0 spiro atoms. The predicted octanol–water partition coefficient (Wildman–Crippen LogP) is 3.76. The van der Waals surface area contributed by atoms with Crippen molar-refractivity contribution in [3.63, 3.8) is 0 Å². The number of aryl methyl sites for hydroxylation is 1. The Morgan fingerprint density at radius 2 is 2.04 bits per heavy atom. The zero-order valence-corrected chi connectivity index (χ0v) is 15.7. The lowest BCUT2D eigenvalue weighted by molar-refractivity contribution is -0.125. The second-order valence-corrected chi connectivity index (χ2v) is 6.64. The lowest BCUT2D eigenvalue weighted by atomic mass is 10.1. The van der Waals surface area contributed by atoms with Gasteiger partial charge in [-0.1, -0.05) is 36.7 Å². The molecule has 0 saturated carbocycles. The van der Waals surface area contributed by atoms with Crippen LogP contribution in [0.3, 0.4) is 0 Å². The van der Waals surface area contributed by atoms with Crippen molar-refractivity contribution in [1.29, 1.82) is 0 Å². The van der Waals surface area contributed by atoms with E-state index in [9.17, 15) is 14.0 Å². The van der Waals surface area contributed by atoms with Crippen molar-refractivity contribution in [2.75, 3.05) is 6.61 Å². The number of ether oxygens (including phenoxy) is 1. The van der Waals surface area contributed by atoms with Crippen LogP contribution in [0.15, 0.2) is 22.7 Å². The first kappa shape index (κ1) is 19.9. The van der Waals surface area contributed by atoms with Crippen LogP contribution in [0.2, 0.25) is 5.02 Å². The standard InChI is InChI=1S/C18H20ClFN2O4/c1-9(2)10(3)21-14(23)8-25-18(24)15-11(4)26-22-17(15)16-12(19)6-5-7-13(16)20/h5-7,9-10H,8H2,1-4H3,(H,21,23)/t10-/m1/s1. The van der Waals surface area contributed by atoms with Crippen LogP contribution in [-0.2, 0) is 9.53 Å². The summed E-state index contributed by atoms with van der Waals surface area (Å²) in [5.74, 6) is -1.54. The molecule has 2 rings (SSSR count). The summed E-state index contributed by atoms with van der Waals surface area (Å²) in [4.78, 5) is 24.3. The van der Waals surface area contributed by atoms with Gasteiger partial charge in [0.05, 0.1) is 10.6 Å². The average molecular weight is 383 g/mol. The lowest BCUT2D eigenvalue weighted by Gasteiger charge is -2.17. The number of rotatable bonds is 6. The van der Waals surface area contributed by atoms with E-state index in [1.165, 1.54) is 25.1 Å². The van der Waals surface area contributed by atoms with Crippen molar-refractivity contribution in [3.05, 3.63) is 40.4 Å². The molecule has 8 heteroatoms. The van der Waals surface area contributed by atoms with E-state index in [2.05, 4.69) is 10.5 Å². The van der Waals surface area contributed by atoms with E-state index in [1.54, 1.807) is 0 Å². The third kappa shape index (κ3) is 4.40. The highest BCUT2D eigenvalue weighted by atomic mass is 35.5. The third-order valence-corrected chi connectivity index (χ3v) is 4.30. The maximum atomic E-state index is 14.1. The highest BCUT2D eigenvalue weighted by Crippen LogP contribution is 2.33. The van der Waals surface area contributed by atoms with Crippen LogP contribution in [-0.4, -0.2) is 29.7 Å². The Hall–Kier alpha value is -2.41. The second kappa shape index (κ2) is 8.31. The number of benzene rings is 1. The van der Waals surface area contributed by atoms with E-state index in [-0.39, 0.29) is 39.6 Å². The Morgan fingerprint density at radius 3 is 2.65 bits per heavy atom. The molecule has 1 N–H and O–H groups in total. The van der Waals surface area contributed by atoms with Gasteiger partial charge in [-0.2, -0.15) is 0 Å². The number of carbonyl (C=O) groups is 2. The monoisotopic (exact) mass is 382 g/mol. The minimum atomic E-state index is -0.842. The van der Waals surface area contributed by atoms with Crippen LogP contribution in [0, 0.1) is 18.7 Å². The largest absolute Gasteiger partial charge is 0.452 e. The summed E-state index contributed by atoms with van der Waals surface area (Å²) >= 11 is 6.03. The Balaban J connectivity index is 2.18. The van der Waals surface area contributed by atoms with Crippen LogP contribution < -0.4 is 5.32 Å². The van der Waals surface area contributed by atoms with E-state index >= 15 is 0 Å². The number of aromatic nitrogens is 1. The van der Waals surface area contributed by atoms with Crippen molar-refractivity contribution >= 4 is 23.5 Å². The summed E-state index contributed by atoms with van der Waals surface area (Å²) < 4.78 is 24.2. The van der Waals surface area contributed by atoms with E-state index in [1.807, 2.05) is 20.8 Å². The van der Waals surface area contributed by atoms with Gasteiger partial charge < -0.3 is 14.6 Å². The van der Waals surface area contributed by atoms with Crippen molar-refractivity contribution in [3.8, 4) is 11.3 Å². The van der Waals surface area contributed by atoms with Gasteiger partial charge in [-0.05, 0) is 31.9 Å². The molecule has 1 aromatic heterocycles. The summed E-state index contributed by atoms with van der Waals surface area (Å²) in [6.07, 6.45) is 0. The number of hydrogen-bond donors (Lipinski definition) is 1. The topological polar surface area (TPSA) is 81.4 Å². The highest BCUT2D eigenvalue weighted by Gasteiger charge is 2.27. The third-order valence-electron chi connectivity index (χ3n) is 3.99. The fourth-order valence-corrected chi connectivity index (χ4v) is 2.43. The number of halogens is 2. The molecule has 140 valence electrons. The van der Waals surface area contributed by atoms with Crippen LogP contribution in [0.4, 0.5) is 4.39 Å². The summed E-state index contributed by atoms with van der Waals surface area (Å²) in [6.45, 7) is 6.80. The fraction of sp³-hybridized carbons (Fsp3) is 0.389. The van der Waals surface area contributed by atoms with Crippen LogP contribution in [0.1, 0.15) is 36.9 Å². The Kier molecular flexibility index (Phi) is 6.37. The number of esters is 1. The van der Waals surface area contributed by atoms with Crippen molar-refractivity contribution in [2.24, 2.45) is 5.92 Å². The molecule has 1 amide bonds. The van der Waals surface area contributed by atoms with Crippen LogP contribution in [0.25, 0.3) is 11.3 Å². The molecule has 1 atom stereocenters. The number of hydrogen-bond acceptors (Lipinski definition) is 5. The molecule has 6 nitrogen and oxygen atoms in total. The van der Waals surface area contributed by atoms with Gasteiger partial charge in [0.25, 0.3) is 5.91 Å². The summed E-state index contributed by atoms with van der Waals surface area (Å²) in [5, 5.41) is 6.53. The van der Waals surface area contributed by atoms with Crippen LogP contribution >= 0.6 is 11.6 Å². The molecule has 1 aromatic carbocycles. The van der Waals surface area contributed by atoms with Gasteiger partial charge in [-0.25, -0.2) is 9.18 Å². The normalized spacial score (nSPS) is 12.1. The van der Waals surface area contributed by atoms with E-state index < -0.39 is 24.3 Å². The first-order valence-electron chi connectivity index (χ1n) is 8.09. The first-order valence-corrected chi connectivity index (χ1v) is 8.47. The van der Waals surface area contributed by atoms with Gasteiger partial charge in [0, 0.05) is 6.04 Å². The Morgan fingerprint density at radius 1 is 1.35 bits per heavy atom. The minimum Gasteiger partial charge on any atom is -0.452 e. The fourth-order valence-electron chi connectivity index (χ4n) is 2.17. The summed E-state index contributed by atoms with van der Waals surface area (Å²) in [7, 11) is 0. The maximum Gasteiger partial charge on any atom is 0.344 e. The molecule has 0 aliphatic heterocycles. The molecular formula is C18H20ClFN2O4. The zero-order valence-electron chi connectivity index (χ0n) is 14.9. The van der Waals surface area contributed by atoms with E-state index in [4.69, 9.17) is 20.9 Å². The molecule has 0 saturated heterocycles. The number of nitrogens with zero attached hydrogens (tertiary/aromatic N) is 1. The molecule has 0 aliphatic rings. The smallest absolute Gasteiger partial charge is 0.344 e. The molecule has 2 aromatic rings. The molecule has 0 fully saturated rings. The van der Waals surface area contributed by atoms with Crippen molar-refractivity contribution < 1.29 is 23.2 Å². The maximum absolute atomic E-state index is 14.1. The average Bonchev–Trinajstić information content (AvgIpc) is 2.93. The second-order valence-electron chi connectivity index (χ2n) is 6.24. The van der Waals surface area contributed by atoms with E-state index in [0.717, 1.165) is 0 Å². The summed E-state index contributed by atoms with van der Waals surface area (Å²) in [5.41, 5.74) is -0.191. The zero-order chi connectivity index (χ0) is 19.4. The van der Waals surface area contributed by atoms with Crippen molar-refractivity contribution in [1.82, 2.24) is 10.5 Å². The molecule has 1 heterocycles. The molecule has 0 radical (unpaired) electrons. The Labute approximate surface area is 155 Å². The summed E-state index contributed by atoms with van der Waals surface area (Å²) in [6, 6.07) is 4.04. The molecule has 0 aliphatic carbocycles. The van der Waals surface area contributed by atoms with Gasteiger partial charge in [0.2, 0.25) is 0 Å². The molecule has 0 unspecified atom stereocenters. The highest BCUT2D eigenvalue weighted by molar-refractivity contribution is 6.33. The minimum absolute atomic E-state index is 0.0594. The Bertz CT molecular complexity index is 799. The quantitative estimate of drug-likeness (QED) is 0.769. The van der Waals surface area contributed by atoms with Gasteiger partial charge in [0.15, 0.2) is 6.61 Å². The SMILES string of the molecule is Cc1onc(-c2c(F)cccc2Cl)c1C(=O)OCC(=O)N[C@H](C)C(C)C. The van der Waals surface area contributed by atoms with Gasteiger partial charge in [0.1, 0.15) is 22.8 Å². The van der Waals surface area contributed by atoms with Gasteiger partial charge in [-0.3, -0.25) is 4.79 Å². The molecular weight excluding hydrogens is 363 g/mol. The number of nitrogens with one attached hydrogen (secondary N) is 1. The number of carbonyl (C=O) groups excluding carboxylic acids is 2. The van der Waals surface area contributed by atoms with E-state index in [0.29, 0.717) is 0 Å². The predicted molar refractivity (Wildman–Crippen MR) is 94.4 cm³/mol. The van der Waals surface area contributed by atoms with Gasteiger partial charge >= 0.3 is 5.97 Å². The lowest BCUT2D eigenvalue weighted by Crippen LogP contribution is -2.38. The van der Waals surface area contributed by atoms with Crippen molar-refractivity contribution in [2.45, 2.75) is 33.7 Å². The number of amides is 1. The molecule has 26 heavy (non-hydrogen) atoms. The van der Waals surface area contributed by atoms with Crippen LogP contribution in [0.5, 0.6) is 0 Å². The molecule has 0 bridgehead atoms. The van der Waals surface area contributed by atoms with Gasteiger partial charge in [-0.15, -0.1) is 0 Å².